The van der Waals surface area contributed by atoms with Crippen molar-refractivity contribution in [2.24, 2.45) is 5.84 Å². The number of aromatic nitrogens is 2. The third kappa shape index (κ3) is 2.93. The quantitative estimate of drug-likeness (QED) is 0.580. The first-order valence-electron chi connectivity index (χ1n) is 4.70. The fourth-order valence-corrected chi connectivity index (χ4v) is 2.45. The van der Waals surface area contributed by atoms with Crippen LogP contribution in [0.4, 0.5) is 17.3 Å². The van der Waals surface area contributed by atoms with Crippen molar-refractivity contribution in [3.8, 4) is 0 Å². The van der Waals surface area contributed by atoms with Crippen LogP contribution >= 0.6 is 31.9 Å². The smallest absolute Gasteiger partial charge is 0.145 e. The molecule has 88 valence electrons. The Morgan fingerprint density at radius 1 is 1.06 bits per heavy atom. The van der Waals surface area contributed by atoms with Gasteiger partial charge < -0.3 is 10.7 Å². The number of nitrogens with two attached hydrogens (primary N) is 1. The lowest BCUT2D eigenvalue weighted by molar-refractivity contribution is 1.14. The lowest BCUT2D eigenvalue weighted by atomic mass is 10.3. The Balaban J connectivity index is 2.31. The molecule has 0 amide bonds. The molecule has 0 atom stereocenters. The SMILES string of the molecule is NNc1cc(Nc2c(Br)cccc2Br)ncn1. The van der Waals surface area contributed by atoms with Crippen molar-refractivity contribution >= 4 is 49.2 Å². The summed E-state index contributed by atoms with van der Waals surface area (Å²) in [6.07, 6.45) is 1.43. The summed E-state index contributed by atoms with van der Waals surface area (Å²) in [6, 6.07) is 7.53. The molecule has 4 N–H and O–H groups in total. The van der Waals surface area contributed by atoms with Gasteiger partial charge in [0.1, 0.15) is 18.0 Å². The maximum absolute atomic E-state index is 5.29. The lowest BCUT2D eigenvalue weighted by Crippen LogP contribution is -2.09. The number of para-hydroxylation sites is 1. The summed E-state index contributed by atoms with van der Waals surface area (Å²) in [5.41, 5.74) is 3.37. The van der Waals surface area contributed by atoms with Crippen molar-refractivity contribution in [1.82, 2.24) is 9.97 Å². The molecule has 0 radical (unpaired) electrons. The zero-order chi connectivity index (χ0) is 12.3. The highest BCUT2D eigenvalue weighted by molar-refractivity contribution is 9.11. The molecule has 0 aliphatic heterocycles. The van der Waals surface area contributed by atoms with Gasteiger partial charge in [0, 0.05) is 15.0 Å². The first-order chi connectivity index (χ1) is 8.20. The lowest BCUT2D eigenvalue weighted by Gasteiger charge is -2.10. The van der Waals surface area contributed by atoms with E-state index in [0.29, 0.717) is 11.6 Å². The molecule has 2 rings (SSSR count). The summed E-state index contributed by atoms with van der Waals surface area (Å²) in [5, 5.41) is 3.17. The van der Waals surface area contributed by atoms with E-state index in [9.17, 15) is 0 Å². The highest BCUT2D eigenvalue weighted by Gasteiger charge is 2.05. The number of rotatable bonds is 3. The first kappa shape index (κ1) is 12.3. The maximum atomic E-state index is 5.29. The van der Waals surface area contributed by atoms with E-state index in [4.69, 9.17) is 5.84 Å². The van der Waals surface area contributed by atoms with Gasteiger partial charge in [-0.2, -0.15) is 0 Å². The second kappa shape index (κ2) is 5.44. The Kier molecular flexibility index (Phi) is 3.93. The van der Waals surface area contributed by atoms with Gasteiger partial charge in [0.2, 0.25) is 0 Å². The maximum Gasteiger partial charge on any atom is 0.145 e. The van der Waals surface area contributed by atoms with Crippen molar-refractivity contribution < 1.29 is 0 Å². The van der Waals surface area contributed by atoms with Crippen LogP contribution in [0.15, 0.2) is 39.5 Å². The largest absolute Gasteiger partial charge is 0.338 e. The van der Waals surface area contributed by atoms with Gasteiger partial charge in [-0.25, -0.2) is 15.8 Å². The standard InChI is InChI=1S/C10H9Br2N5/c11-6-2-1-3-7(12)10(6)16-8-4-9(17-13)15-5-14-8/h1-5H,13H2,(H2,14,15,16,17). The van der Waals surface area contributed by atoms with Crippen molar-refractivity contribution in [2.75, 3.05) is 10.7 Å². The van der Waals surface area contributed by atoms with Gasteiger partial charge in [0.15, 0.2) is 0 Å². The van der Waals surface area contributed by atoms with Crippen LogP contribution in [0.2, 0.25) is 0 Å². The molecule has 0 saturated carbocycles. The molecule has 0 aliphatic carbocycles. The minimum absolute atomic E-state index is 0.547. The van der Waals surface area contributed by atoms with E-state index in [0.717, 1.165) is 14.6 Å². The van der Waals surface area contributed by atoms with Gasteiger partial charge in [-0.3, -0.25) is 0 Å². The Morgan fingerprint density at radius 3 is 2.35 bits per heavy atom. The molecule has 0 bridgehead atoms. The average Bonchev–Trinajstić information content (AvgIpc) is 2.34. The van der Waals surface area contributed by atoms with Gasteiger partial charge in [-0.15, -0.1) is 0 Å². The topological polar surface area (TPSA) is 75.9 Å². The number of benzene rings is 1. The van der Waals surface area contributed by atoms with Crippen LogP contribution in [0.1, 0.15) is 0 Å². The van der Waals surface area contributed by atoms with E-state index in [2.05, 4.69) is 52.6 Å². The predicted molar refractivity (Wildman–Crippen MR) is 75.0 cm³/mol. The number of hydrogen-bond acceptors (Lipinski definition) is 5. The van der Waals surface area contributed by atoms with Gasteiger partial charge >= 0.3 is 0 Å². The number of halogens is 2. The van der Waals surface area contributed by atoms with Crippen LogP contribution in [0.5, 0.6) is 0 Å². The third-order valence-electron chi connectivity index (χ3n) is 2.03. The fraction of sp³-hybridized carbons (Fsp3) is 0. The van der Waals surface area contributed by atoms with E-state index in [-0.39, 0.29) is 0 Å². The fourth-order valence-electron chi connectivity index (χ4n) is 1.25. The molecule has 1 heterocycles. The number of hydrogen-bond donors (Lipinski definition) is 3. The number of hydrazine groups is 1. The summed E-state index contributed by atoms with van der Waals surface area (Å²) < 4.78 is 1.88. The second-order valence-electron chi connectivity index (χ2n) is 3.15. The molecule has 0 aliphatic rings. The highest BCUT2D eigenvalue weighted by Crippen LogP contribution is 2.32. The molecular weight excluding hydrogens is 350 g/mol. The molecule has 0 fully saturated rings. The monoisotopic (exact) mass is 357 g/mol. The first-order valence-corrected chi connectivity index (χ1v) is 6.29. The molecule has 2 aromatic rings. The van der Waals surface area contributed by atoms with Gasteiger partial charge in [-0.1, -0.05) is 6.07 Å². The molecular formula is C10H9Br2N5. The Morgan fingerprint density at radius 2 is 1.71 bits per heavy atom. The predicted octanol–water partition coefficient (Wildman–Crippen LogP) is 3.03. The van der Waals surface area contributed by atoms with Crippen LogP contribution < -0.4 is 16.6 Å². The van der Waals surface area contributed by atoms with Crippen molar-refractivity contribution in [2.45, 2.75) is 0 Å². The van der Waals surface area contributed by atoms with Crippen molar-refractivity contribution in [1.29, 1.82) is 0 Å². The molecule has 0 saturated heterocycles. The molecule has 0 unspecified atom stereocenters. The Hall–Kier alpha value is -1.18. The van der Waals surface area contributed by atoms with Gasteiger partial charge in [0.05, 0.1) is 5.69 Å². The molecule has 17 heavy (non-hydrogen) atoms. The summed E-state index contributed by atoms with van der Waals surface area (Å²) in [7, 11) is 0. The second-order valence-corrected chi connectivity index (χ2v) is 4.86. The van der Waals surface area contributed by atoms with E-state index < -0.39 is 0 Å². The number of nitrogens with zero attached hydrogens (tertiary/aromatic N) is 2. The average molecular weight is 359 g/mol. The molecule has 1 aromatic carbocycles. The molecule has 5 nitrogen and oxygen atoms in total. The molecule has 1 aromatic heterocycles. The van der Waals surface area contributed by atoms with Gasteiger partial charge in [0.25, 0.3) is 0 Å². The summed E-state index contributed by atoms with van der Waals surface area (Å²) in [4.78, 5) is 8.04. The minimum Gasteiger partial charge on any atom is -0.338 e. The van der Waals surface area contributed by atoms with Crippen LogP contribution in [0.3, 0.4) is 0 Å². The van der Waals surface area contributed by atoms with Crippen LogP contribution in [0.25, 0.3) is 0 Å². The van der Waals surface area contributed by atoms with Crippen molar-refractivity contribution in [3.63, 3.8) is 0 Å². The number of nitrogen functional groups attached to an aromatic ring is 1. The van der Waals surface area contributed by atoms with Crippen LogP contribution in [0, 0.1) is 0 Å². The summed E-state index contributed by atoms with van der Waals surface area (Å²) in [5.74, 6) is 6.49. The number of nitrogens with one attached hydrogen (secondary N) is 2. The Labute approximate surface area is 115 Å². The van der Waals surface area contributed by atoms with E-state index in [1.165, 1.54) is 6.33 Å². The van der Waals surface area contributed by atoms with E-state index in [1.54, 1.807) is 6.07 Å². The normalized spacial score (nSPS) is 10.1. The van der Waals surface area contributed by atoms with Crippen LogP contribution in [-0.4, -0.2) is 9.97 Å². The van der Waals surface area contributed by atoms with E-state index in [1.807, 2.05) is 18.2 Å². The third-order valence-corrected chi connectivity index (χ3v) is 3.35. The summed E-state index contributed by atoms with van der Waals surface area (Å²) in [6.45, 7) is 0. The molecule has 7 heteroatoms. The minimum atomic E-state index is 0.547. The van der Waals surface area contributed by atoms with Crippen LogP contribution in [-0.2, 0) is 0 Å². The number of anilines is 3. The Bertz CT molecular complexity index is 512. The van der Waals surface area contributed by atoms with E-state index >= 15 is 0 Å². The molecule has 0 spiro atoms. The van der Waals surface area contributed by atoms with Crippen molar-refractivity contribution in [3.05, 3.63) is 39.5 Å². The zero-order valence-electron chi connectivity index (χ0n) is 8.61. The zero-order valence-corrected chi connectivity index (χ0v) is 11.8. The summed E-state index contributed by atoms with van der Waals surface area (Å²) >= 11 is 6.93. The highest BCUT2D eigenvalue weighted by atomic mass is 79.9. The van der Waals surface area contributed by atoms with Gasteiger partial charge in [-0.05, 0) is 44.0 Å².